The van der Waals surface area contributed by atoms with Crippen LogP contribution >= 0.6 is 0 Å². The molecule has 4 nitrogen and oxygen atoms in total. The number of aryl methyl sites for hydroxylation is 3. The fourth-order valence-electron chi connectivity index (χ4n) is 4.79. The van der Waals surface area contributed by atoms with Crippen LogP contribution in [0.15, 0.2) is 54.6 Å². The van der Waals surface area contributed by atoms with Gasteiger partial charge in [0.1, 0.15) is 36.9 Å². The maximum absolute atomic E-state index is 5.79. The van der Waals surface area contributed by atoms with Gasteiger partial charge in [0.2, 0.25) is 0 Å². The monoisotopic (exact) mass is 561 g/mol. The van der Waals surface area contributed by atoms with Crippen LogP contribution in [-0.2, 0) is 19.6 Å². The molecule has 0 bridgehead atoms. The number of para-hydroxylation sites is 3. The van der Waals surface area contributed by atoms with E-state index >= 15 is 0 Å². The topological polar surface area (TPSA) is 27.7 Å². The molecule has 0 fully saturated rings. The van der Waals surface area contributed by atoms with Gasteiger partial charge < -0.3 is 42.7 Å². The average molecular weight is 562 g/mol. The molecule has 33 heavy (non-hydrogen) atoms. The average Bonchev–Trinajstić information content (AvgIpc) is 2.74. The van der Waals surface area contributed by atoms with E-state index in [1.165, 1.54) is 16.7 Å². The highest BCUT2D eigenvalue weighted by Crippen LogP contribution is 2.34. The number of methoxy groups -OCH3 is 3. The molecule has 0 aliphatic heterocycles. The van der Waals surface area contributed by atoms with Crippen LogP contribution in [0.1, 0.15) is 33.4 Å². The summed E-state index contributed by atoms with van der Waals surface area (Å²) in [6.45, 7) is 8.75. The van der Waals surface area contributed by atoms with Crippen molar-refractivity contribution in [1.82, 2.24) is 0 Å². The molecule has 0 aliphatic rings. The van der Waals surface area contributed by atoms with Gasteiger partial charge in [-0.05, 0) is 55.7 Å². The Morgan fingerprint density at radius 3 is 1.06 bits per heavy atom. The standard InChI is InChI=1S/C28H36NO3.HI/c1-20-11-8-14-23(26(20)30-5)17-29(4,18-24-15-9-12-21(2)27(24)31-6)19-25-16-10-13-22(3)28(25)32-7;/h8-16H,17-19H2,1-7H3;1H/q+1;/p-1. The van der Waals surface area contributed by atoms with Crippen molar-refractivity contribution < 1.29 is 42.7 Å². The summed E-state index contributed by atoms with van der Waals surface area (Å²) in [4.78, 5) is 0. The van der Waals surface area contributed by atoms with Gasteiger partial charge in [0, 0.05) is 16.7 Å². The van der Waals surface area contributed by atoms with E-state index in [9.17, 15) is 0 Å². The van der Waals surface area contributed by atoms with E-state index in [-0.39, 0.29) is 24.0 Å². The number of rotatable bonds is 9. The van der Waals surface area contributed by atoms with E-state index < -0.39 is 0 Å². The van der Waals surface area contributed by atoms with E-state index in [0.717, 1.165) is 58.1 Å². The van der Waals surface area contributed by atoms with Crippen LogP contribution in [0.25, 0.3) is 0 Å². The highest BCUT2D eigenvalue weighted by molar-refractivity contribution is 5.43. The molecule has 178 valence electrons. The molecule has 5 heteroatoms. The van der Waals surface area contributed by atoms with Crippen LogP contribution < -0.4 is 38.2 Å². The maximum Gasteiger partial charge on any atom is 0.130 e. The fourth-order valence-corrected chi connectivity index (χ4v) is 4.79. The summed E-state index contributed by atoms with van der Waals surface area (Å²) in [7, 11) is 7.56. The van der Waals surface area contributed by atoms with E-state index in [1.807, 2.05) is 0 Å². The van der Waals surface area contributed by atoms with Crippen molar-refractivity contribution in [2.45, 2.75) is 40.4 Å². The Labute approximate surface area is 216 Å². The number of quaternary nitrogens is 1. The van der Waals surface area contributed by atoms with Crippen LogP contribution in [0, 0.1) is 20.8 Å². The smallest absolute Gasteiger partial charge is 0.130 e. The first-order chi connectivity index (χ1) is 15.3. The lowest BCUT2D eigenvalue weighted by Crippen LogP contribution is -3.00. The third-order valence-electron chi connectivity index (χ3n) is 6.15. The number of hydrogen-bond donors (Lipinski definition) is 0. The van der Waals surface area contributed by atoms with Gasteiger partial charge in [0.25, 0.3) is 0 Å². The van der Waals surface area contributed by atoms with E-state index in [2.05, 4.69) is 82.4 Å². The Bertz CT molecular complexity index is 946. The van der Waals surface area contributed by atoms with Gasteiger partial charge in [-0.3, -0.25) is 0 Å². The molecule has 0 aromatic heterocycles. The molecule has 0 N–H and O–H groups in total. The van der Waals surface area contributed by atoms with E-state index in [1.54, 1.807) is 21.3 Å². The van der Waals surface area contributed by atoms with Gasteiger partial charge in [-0.25, -0.2) is 0 Å². The predicted molar refractivity (Wildman–Crippen MR) is 130 cm³/mol. The van der Waals surface area contributed by atoms with E-state index in [4.69, 9.17) is 14.2 Å². The molecule has 0 amide bonds. The molecule has 3 aromatic carbocycles. The molecule has 0 unspecified atom stereocenters. The van der Waals surface area contributed by atoms with Gasteiger partial charge in [-0.2, -0.15) is 0 Å². The van der Waals surface area contributed by atoms with Crippen molar-refractivity contribution in [3.05, 3.63) is 88.0 Å². The summed E-state index contributed by atoms with van der Waals surface area (Å²) >= 11 is 0. The van der Waals surface area contributed by atoms with Crippen LogP contribution in [-0.4, -0.2) is 32.9 Å². The SMILES string of the molecule is COc1c(C)cccc1C[N+](C)(Cc1cccc(C)c1OC)Cc1cccc(C)c1OC.[I-]. The van der Waals surface area contributed by atoms with Crippen LogP contribution in [0.2, 0.25) is 0 Å². The zero-order valence-corrected chi connectivity index (χ0v) is 23.0. The van der Waals surface area contributed by atoms with Gasteiger partial charge in [-0.15, -0.1) is 0 Å². The Balaban J connectivity index is 0.00000385. The van der Waals surface area contributed by atoms with Crippen molar-refractivity contribution in [1.29, 1.82) is 0 Å². The number of benzene rings is 3. The first kappa shape index (κ1) is 27.0. The third-order valence-corrected chi connectivity index (χ3v) is 6.15. The van der Waals surface area contributed by atoms with Gasteiger partial charge in [0.05, 0.1) is 28.4 Å². The van der Waals surface area contributed by atoms with Gasteiger partial charge >= 0.3 is 0 Å². The lowest BCUT2D eigenvalue weighted by molar-refractivity contribution is -0.948. The zero-order chi connectivity index (χ0) is 23.3. The Morgan fingerprint density at radius 1 is 0.545 bits per heavy atom. The molecule has 0 saturated heterocycles. The second-order valence-electron chi connectivity index (χ2n) is 8.90. The van der Waals surface area contributed by atoms with Crippen molar-refractivity contribution in [3.63, 3.8) is 0 Å². The zero-order valence-electron chi connectivity index (χ0n) is 20.9. The molecular formula is C28H36INO3. The molecule has 3 rings (SSSR count). The Kier molecular flexibility index (Phi) is 9.61. The lowest BCUT2D eigenvalue weighted by Gasteiger charge is -2.36. The summed E-state index contributed by atoms with van der Waals surface area (Å²) in [6, 6.07) is 19.1. The summed E-state index contributed by atoms with van der Waals surface area (Å²) in [6.07, 6.45) is 0. The van der Waals surface area contributed by atoms with Gasteiger partial charge in [0.15, 0.2) is 0 Å². The lowest BCUT2D eigenvalue weighted by atomic mass is 10.0. The summed E-state index contributed by atoms with van der Waals surface area (Å²) < 4.78 is 18.1. The predicted octanol–water partition coefficient (Wildman–Crippen LogP) is 2.99. The Morgan fingerprint density at radius 2 is 0.818 bits per heavy atom. The quantitative estimate of drug-likeness (QED) is 0.297. The number of halogens is 1. The van der Waals surface area contributed by atoms with Crippen LogP contribution in [0.4, 0.5) is 0 Å². The summed E-state index contributed by atoms with van der Waals surface area (Å²) in [5, 5.41) is 0. The molecule has 0 saturated carbocycles. The molecule has 0 heterocycles. The Hall–Kier alpha value is -2.25. The van der Waals surface area contributed by atoms with Crippen molar-refractivity contribution in [2.75, 3.05) is 28.4 Å². The summed E-state index contributed by atoms with van der Waals surface area (Å²) in [5.41, 5.74) is 7.06. The highest BCUT2D eigenvalue weighted by atomic mass is 127. The maximum atomic E-state index is 5.79. The van der Waals surface area contributed by atoms with E-state index in [0.29, 0.717) is 0 Å². The minimum Gasteiger partial charge on any atom is -1.00 e. The first-order valence-electron chi connectivity index (χ1n) is 11.0. The highest BCUT2D eigenvalue weighted by Gasteiger charge is 2.29. The van der Waals surface area contributed by atoms with Crippen molar-refractivity contribution in [3.8, 4) is 17.2 Å². The second kappa shape index (κ2) is 11.7. The second-order valence-corrected chi connectivity index (χ2v) is 8.90. The van der Waals surface area contributed by atoms with Gasteiger partial charge in [-0.1, -0.05) is 36.4 Å². The van der Waals surface area contributed by atoms with Crippen molar-refractivity contribution >= 4 is 0 Å². The normalized spacial score (nSPS) is 11.0. The third kappa shape index (κ3) is 6.21. The molecular weight excluding hydrogens is 525 g/mol. The van der Waals surface area contributed by atoms with Crippen LogP contribution in [0.5, 0.6) is 17.2 Å². The first-order valence-corrected chi connectivity index (χ1v) is 11.0. The minimum atomic E-state index is 0. The summed E-state index contributed by atoms with van der Waals surface area (Å²) in [5.74, 6) is 2.89. The van der Waals surface area contributed by atoms with Crippen LogP contribution in [0.3, 0.4) is 0 Å². The molecule has 0 radical (unpaired) electrons. The largest absolute Gasteiger partial charge is 1.00 e. The molecule has 3 aromatic rings. The molecule has 0 spiro atoms. The number of nitrogens with zero attached hydrogens (tertiary/aromatic N) is 1. The van der Waals surface area contributed by atoms with Crippen molar-refractivity contribution in [2.24, 2.45) is 0 Å². The number of ether oxygens (including phenoxy) is 3. The fraction of sp³-hybridized carbons (Fsp3) is 0.357. The number of hydrogen-bond acceptors (Lipinski definition) is 3. The minimum absolute atomic E-state index is 0. The molecule has 0 aliphatic carbocycles. The molecule has 0 atom stereocenters.